The van der Waals surface area contributed by atoms with Crippen molar-refractivity contribution in [3.8, 4) is 0 Å². The molecule has 0 spiro atoms. The number of alkyl halides is 3. The summed E-state index contributed by atoms with van der Waals surface area (Å²) >= 11 is 5.88. The zero-order valence-corrected chi connectivity index (χ0v) is 15.6. The van der Waals surface area contributed by atoms with Crippen LogP contribution in [-0.2, 0) is 16.2 Å². The zero-order valence-electron chi connectivity index (χ0n) is 14.0. The van der Waals surface area contributed by atoms with Crippen molar-refractivity contribution in [2.24, 2.45) is 4.99 Å². The molecule has 2 aromatic carbocycles. The third kappa shape index (κ3) is 4.72. The Labute approximate surface area is 159 Å². The van der Waals surface area contributed by atoms with Crippen LogP contribution in [0.5, 0.6) is 0 Å². The van der Waals surface area contributed by atoms with Crippen LogP contribution in [0.2, 0.25) is 5.02 Å². The summed E-state index contributed by atoms with van der Waals surface area (Å²) in [5, 5.41) is 0.502. The Bertz CT molecular complexity index is 976. The van der Waals surface area contributed by atoms with Gasteiger partial charge in [-0.3, -0.25) is 4.72 Å². The maximum atomic E-state index is 13.0. The van der Waals surface area contributed by atoms with Crippen molar-refractivity contribution in [3.63, 3.8) is 0 Å². The van der Waals surface area contributed by atoms with Crippen LogP contribution in [0, 0.1) is 0 Å². The first-order valence-corrected chi connectivity index (χ1v) is 10.1. The second kappa shape index (κ2) is 7.05. The second-order valence-electron chi connectivity index (χ2n) is 6.05. The van der Waals surface area contributed by atoms with Gasteiger partial charge in [0.05, 0.1) is 24.4 Å². The topological polar surface area (TPSA) is 61.8 Å². The van der Waals surface area contributed by atoms with Crippen molar-refractivity contribution >= 4 is 33.3 Å². The molecular formula is C17H15ClF3N3O2S. The molecule has 0 amide bonds. The van der Waals surface area contributed by atoms with Crippen LogP contribution < -0.4 is 9.62 Å². The highest BCUT2D eigenvalue weighted by atomic mass is 35.5. The Kier molecular flexibility index (Phi) is 5.09. The molecule has 0 saturated heterocycles. The highest BCUT2D eigenvalue weighted by molar-refractivity contribution is 7.89. The number of hydrogen-bond donors (Lipinski definition) is 1. The van der Waals surface area contributed by atoms with Crippen molar-refractivity contribution in [3.05, 3.63) is 64.7 Å². The lowest BCUT2D eigenvalue weighted by atomic mass is 10.0. The van der Waals surface area contributed by atoms with Gasteiger partial charge in [-0.25, -0.2) is 13.4 Å². The Hall–Kier alpha value is -2.26. The molecule has 0 bridgehead atoms. The van der Waals surface area contributed by atoms with E-state index < -0.39 is 27.8 Å². The number of nitrogens with zero attached hydrogens (tertiary/aromatic N) is 2. The van der Waals surface area contributed by atoms with Crippen LogP contribution in [-0.4, -0.2) is 27.2 Å². The highest BCUT2D eigenvalue weighted by Gasteiger charge is 2.33. The third-order valence-corrected chi connectivity index (χ3v) is 4.71. The van der Waals surface area contributed by atoms with Gasteiger partial charge in [-0.1, -0.05) is 23.7 Å². The molecule has 2 aromatic rings. The van der Waals surface area contributed by atoms with E-state index in [0.29, 0.717) is 16.3 Å². The van der Waals surface area contributed by atoms with Crippen molar-refractivity contribution in [1.82, 2.24) is 4.72 Å². The van der Waals surface area contributed by atoms with Gasteiger partial charge in [0, 0.05) is 10.7 Å². The molecule has 1 aliphatic heterocycles. The molecular weight excluding hydrogens is 403 g/mol. The van der Waals surface area contributed by atoms with Crippen LogP contribution in [0.1, 0.15) is 17.2 Å². The Morgan fingerprint density at radius 1 is 1.19 bits per heavy atom. The van der Waals surface area contributed by atoms with Crippen molar-refractivity contribution in [2.45, 2.75) is 12.2 Å². The number of nitrogens with one attached hydrogen (secondary N) is 1. The minimum atomic E-state index is -4.47. The maximum absolute atomic E-state index is 13.0. The summed E-state index contributed by atoms with van der Waals surface area (Å²) in [5.41, 5.74) is 0.177. The van der Waals surface area contributed by atoms with Crippen LogP contribution in [0.25, 0.3) is 0 Å². The molecule has 0 aromatic heterocycles. The second-order valence-corrected chi connectivity index (χ2v) is 8.24. The van der Waals surface area contributed by atoms with E-state index in [1.165, 1.54) is 12.1 Å². The fraction of sp³-hybridized carbons (Fsp3) is 0.235. The largest absolute Gasteiger partial charge is 0.416 e. The number of guanidine groups is 1. The van der Waals surface area contributed by atoms with E-state index in [4.69, 9.17) is 11.6 Å². The van der Waals surface area contributed by atoms with Crippen LogP contribution in [0.3, 0.4) is 0 Å². The lowest BCUT2D eigenvalue weighted by Gasteiger charge is -2.21. The van der Waals surface area contributed by atoms with Gasteiger partial charge < -0.3 is 4.90 Å². The maximum Gasteiger partial charge on any atom is 0.416 e. The minimum Gasteiger partial charge on any atom is -0.309 e. The predicted octanol–water partition coefficient (Wildman–Crippen LogP) is 3.83. The Morgan fingerprint density at radius 2 is 1.85 bits per heavy atom. The van der Waals surface area contributed by atoms with E-state index in [2.05, 4.69) is 9.71 Å². The van der Waals surface area contributed by atoms with E-state index >= 15 is 0 Å². The van der Waals surface area contributed by atoms with E-state index in [9.17, 15) is 21.6 Å². The third-order valence-electron chi connectivity index (χ3n) is 3.90. The normalized spacial score (nSPS) is 17.7. The van der Waals surface area contributed by atoms with Crippen LogP contribution >= 0.6 is 11.6 Å². The summed E-state index contributed by atoms with van der Waals surface area (Å²) in [5.74, 6) is 0.0437. The predicted molar refractivity (Wildman–Crippen MR) is 98.4 cm³/mol. The number of anilines is 1. The van der Waals surface area contributed by atoms with Gasteiger partial charge >= 0.3 is 6.18 Å². The minimum absolute atomic E-state index is 0.0437. The molecule has 10 heteroatoms. The summed E-state index contributed by atoms with van der Waals surface area (Å²) in [6.07, 6.45) is -3.49. The van der Waals surface area contributed by atoms with E-state index in [-0.39, 0.29) is 12.5 Å². The van der Waals surface area contributed by atoms with Gasteiger partial charge in [0.1, 0.15) is 0 Å². The fourth-order valence-electron chi connectivity index (χ4n) is 2.72. The molecule has 1 N–H and O–H groups in total. The van der Waals surface area contributed by atoms with Gasteiger partial charge in [0.2, 0.25) is 16.0 Å². The lowest BCUT2D eigenvalue weighted by molar-refractivity contribution is -0.137. The van der Waals surface area contributed by atoms with Crippen molar-refractivity contribution in [1.29, 1.82) is 0 Å². The fourth-order valence-corrected chi connectivity index (χ4v) is 3.34. The van der Waals surface area contributed by atoms with E-state index in [0.717, 1.165) is 18.4 Å². The average molecular weight is 418 g/mol. The van der Waals surface area contributed by atoms with Gasteiger partial charge in [-0.2, -0.15) is 13.2 Å². The monoisotopic (exact) mass is 417 g/mol. The molecule has 1 heterocycles. The first-order valence-electron chi connectivity index (χ1n) is 7.79. The number of halogens is 4. The zero-order chi connectivity index (χ0) is 19.8. The van der Waals surface area contributed by atoms with E-state index in [1.54, 1.807) is 29.2 Å². The highest BCUT2D eigenvalue weighted by Crippen LogP contribution is 2.34. The molecule has 27 heavy (non-hydrogen) atoms. The standard InChI is InChI=1S/C17H15ClF3N3O2S/c1-27(25,26)23-16-22-15(10-24(16)14-7-5-13(18)6-8-14)11-3-2-4-12(9-11)17(19,20)21/h2-9,15H,10H2,1H3,(H,22,23)/t15-/m1/s1. The smallest absolute Gasteiger partial charge is 0.309 e. The molecule has 0 unspecified atom stereocenters. The summed E-state index contributed by atoms with van der Waals surface area (Å²) in [6.45, 7) is 0.181. The SMILES string of the molecule is CS(=O)(=O)NC1=N[C@@H](c2cccc(C(F)(F)F)c2)CN1c1ccc(Cl)cc1. The van der Waals surface area contributed by atoms with Gasteiger partial charge in [0.15, 0.2) is 0 Å². The molecule has 0 saturated carbocycles. The summed E-state index contributed by atoms with van der Waals surface area (Å²) in [6, 6.07) is 10.8. The van der Waals surface area contributed by atoms with Gasteiger partial charge in [-0.05, 0) is 42.0 Å². The molecule has 0 fully saturated rings. The molecule has 5 nitrogen and oxygen atoms in total. The van der Waals surface area contributed by atoms with Gasteiger partial charge in [-0.15, -0.1) is 0 Å². The number of rotatable bonds is 3. The van der Waals surface area contributed by atoms with Gasteiger partial charge in [0.25, 0.3) is 0 Å². The van der Waals surface area contributed by atoms with Crippen molar-refractivity contribution in [2.75, 3.05) is 17.7 Å². The van der Waals surface area contributed by atoms with Crippen LogP contribution in [0.4, 0.5) is 18.9 Å². The summed E-state index contributed by atoms with van der Waals surface area (Å²) in [7, 11) is -3.62. The number of benzene rings is 2. The number of hydrogen-bond acceptors (Lipinski definition) is 4. The molecule has 1 atom stereocenters. The first-order chi connectivity index (χ1) is 12.5. The Balaban J connectivity index is 1.97. The summed E-state index contributed by atoms with van der Waals surface area (Å²) in [4.78, 5) is 5.88. The quantitative estimate of drug-likeness (QED) is 0.825. The summed E-state index contributed by atoms with van der Waals surface area (Å²) < 4.78 is 64.6. The average Bonchev–Trinajstić information content (AvgIpc) is 2.97. The molecule has 1 aliphatic rings. The first kappa shape index (κ1) is 19.5. The molecule has 3 rings (SSSR count). The lowest BCUT2D eigenvalue weighted by Crippen LogP contribution is -2.41. The van der Waals surface area contributed by atoms with Crippen molar-refractivity contribution < 1.29 is 21.6 Å². The molecule has 0 aliphatic carbocycles. The number of sulfonamides is 1. The number of aliphatic imine (C=N–C) groups is 1. The Morgan fingerprint density at radius 3 is 2.44 bits per heavy atom. The van der Waals surface area contributed by atoms with Crippen LogP contribution in [0.15, 0.2) is 53.5 Å². The molecule has 0 radical (unpaired) electrons. The molecule has 144 valence electrons. The van der Waals surface area contributed by atoms with E-state index in [1.807, 2.05) is 0 Å².